The first-order chi connectivity index (χ1) is 8.54. The van der Waals surface area contributed by atoms with Gasteiger partial charge in [-0.2, -0.15) is 13.2 Å². The zero-order valence-corrected chi connectivity index (χ0v) is 11.4. The molecule has 0 amide bonds. The van der Waals surface area contributed by atoms with E-state index in [1.54, 1.807) is 0 Å². The Kier molecular flexibility index (Phi) is 4.86. The first kappa shape index (κ1) is 16.3. The minimum Gasteiger partial charge on any atom is -0.383 e. The van der Waals surface area contributed by atoms with Crippen molar-refractivity contribution in [2.24, 2.45) is 0 Å². The van der Waals surface area contributed by atoms with E-state index in [2.05, 4.69) is 0 Å². The van der Waals surface area contributed by atoms with Gasteiger partial charge < -0.3 is 5.11 Å². The van der Waals surface area contributed by atoms with Crippen molar-refractivity contribution in [1.82, 2.24) is 0 Å². The first-order valence-electron chi connectivity index (χ1n) is 5.26. The van der Waals surface area contributed by atoms with Gasteiger partial charge in [-0.1, -0.05) is 23.7 Å². The third-order valence-electron chi connectivity index (χ3n) is 2.62. The van der Waals surface area contributed by atoms with Crippen molar-refractivity contribution in [1.29, 1.82) is 0 Å². The molecule has 0 heterocycles. The molecule has 1 aromatic carbocycles. The van der Waals surface area contributed by atoms with E-state index in [1.165, 1.54) is 31.2 Å². The van der Waals surface area contributed by atoms with Crippen LogP contribution in [-0.2, 0) is 9.84 Å². The maximum Gasteiger partial charge on any atom is 0.415 e. The van der Waals surface area contributed by atoms with Gasteiger partial charge in [-0.05, 0) is 24.6 Å². The first-order valence-corrected chi connectivity index (χ1v) is 7.35. The van der Waals surface area contributed by atoms with Gasteiger partial charge in [0.05, 0.1) is 11.0 Å². The monoisotopic (exact) mass is 316 g/mol. The Morgan fingerprint density at radius 3 is 2.42 bits per heavy atom. The van der Waals surface area contributed by atoms with Crippen molar-refractivity contribution in [3.8, 4) is 0 Å². The smallest absolute Gasteiger partial charge is 0.383 e. The maximum atomic E-state index is 12.2. The van der Waals surface area contributed by atoms with Gasteiger partial charge >= 0.3 is 6.18 Å². The highest BCUT2D eigenvalue weighted by atomic mass is 35.5. The molecular formula is C11H12ClF3O3S. The molecule has 0 saturated heterocycles. The fourth-order valence-electron chi connectivity index (χ4n) is 1.43. The summed E-state index contributed by atoms with van der Waals surface area (Å²) in [7, 11) is -4.14. The SMILES string of the molecule is C[C@H](c1cccc(Cl)c1)S(=O)(=O)C[C@H](O)C(F)(F)F. The minimum absolute atomic E-state index is 0.280. The Morgan fingerprint density at radius 1 is 1.37 bits per heavy atom. The average Bonchev–Trinajstić information content (AvgIpc) is 2.26. The fourth-order valence-corrected chi connectivity index (χ4v) is 3.10. The summed E-state index contributed by atoms with van der Waals surface area (Å²) in [5, 5.41) is 7.95. The molecule has 19 heavy (non-hydrogen) atoms. The molecule has 0 aliphatic heterocycles. The summed E-state index contributed by atoms with van der Waals surface area (Å²) in [6.45, 7) is 1.25. The lowest BCUT2D eigenvalue weighted by Gasteiger charge is -2.18. The van der Waals surface area contributed by atoms with Crippen molar-refractivity contribution in [2.75, 3.05) is 5.75 Å². The molecule has 3 nitrogen and oxygen atoms in total. The van der Waals surface area contributed by atoms with Gasteiger partial charge in [0.25, 0.3) is 0 Å². The van der Waals surface area contributed by atoms with Crippen LogP contribution in [0.4, 0.5) is 13.2 Å². The molecule has 2 atom stereocenters. The van der Waals surface area contributed by atoms with E-state index < -0.39 is 33.1 Å². The number of aliphatic hydroxyl groups is 1. The number of hydrogen-bond donors (Lipinski definition) is 1. The Morgan fingerprint density at radius 2 is 1.95 bits per heavy atom. The summed E-state index contributed by atoms with van der Waals surface area (Å²) >= 11 is 5.69. The van der Waals surface area contributed by atoms with Gasteiger partial charge in [0.2, 0.25) is 0 Å². The highest BCUT2D eigenvalue weighted by molar-refractivity contribution is 7.91. The van der Waals surface area contributed by atoms with E-state index in [-0.39, 0.29) is 10.6 Å². The number of hydrogen-bond acceptors (Lipinski definition) is 3. The van der Waals surface area contributed by atoms with Crippen LogP contribution in [0.3, 0.4) is 0 Å². The third kappa shape index (κ3) is 4.36. The van der Waals surface area contributed by atoms with Crippen LogP contribution in [0.25, 0.3) is 0 Å². The molecular weight excluding hydrogens is 305 g/mol. The number of alkyl halides is 3. The molecule has 108 valence electrons. The molecule has 0 aliphatic carbocycles. The van der Waals surface area contributed by atoms with Gasteiger partial charge in [0.1, 0.15) is 0 Å². The van der Waals surface area contributed by atoms with Crippen LogP contribution < -0.4 is 0 Å². The van der Waals surface area contributed by atoms with E-state index in [4.69, 9.17) is 16.7 Å². The van der Waals surface area contributed by atoms with Crippen LogP contribution in [0.2, 0.25) is 5.02 Å². The van der Waals surface area contributed by atoms with Crippen molar-refractivity contribution in [3.05, 3.63) is 34.9 Å². The molecule has 1 rings (SSSR count). The minimum atomic E-state index is -4.96. The number of aliphatic hydroxyl groups excluding tert-OH is 1. The normalized spacial score (nSPS) is 16.1. The van der Waals surface area contributed by atoms with E-state index in [9.17, 15) is 21.6 Å². The Hall–Kier alpha value is -0.790. The van der Waals surface area contributed by atoms with E-state index in [0.717, 1.165) is 0 Å². The molecule has 8 heteroatoms. The second kappa shape index (κ2) is 5.68. The second-order valence-corrected chi connectivity index (χ2v) is 6.89. The Labute approximate surface area is 113 Å². The molecule has 0 bridgehead atoms. The summed E-state index contributed by atoms with van der Waals surface area (Å²) in [6.07, 6.45) is -7.85. The molecule has 0 spiro atoms. The fraction of sp³-hybridized carbons (Fsp3) is 0.455. The maximum absolute atomic E-state index is 12.2. The molecule has 0 unspecified atom stereocenters. The van der Waals surface area contributed by atoms with Crippen molar-refractivity contribution in [2.45, 2.75) is 24.5 Å². The van der Waals surface area contributed by atoms with Gasteiger partial charge in [-0.15, -0.1) is 0 Å². The lowest BCUT2D eigenvalue weighted by molar-refractivity contribution is -0.196. The molecule has 1 N–H and O–H groups in total. The standard InChI is InChI=1S/C11H12ClF3O3S/c1-7(8-3-2-4-9(12)5-8)19(17,18)6-10(16)11(13,14)15/h2-5,7,10,16H,6H2,1H3/t7-,10+/m1/s1. The Balaban J connectivity index is 2.95. The molecule has 0 aliphatic rings. The number of halogens is 4. The summed E-state index contributed by atoms with van der Waals surface area (Å²) in [5.74, 6) is -1.37. The molecule has 1 aromatic rings. The lowest BCUT2D eigenvalue weighted by Crippen LogP contribution is -2.36. The van der Waals surface area contributed by atoms with Crippen molar-refractivity contribution in [3.63, 3.8) is 0 Å². The summed E-state index contributed by atoms with van der Waals surface area (Å²) in [5.41, 5.74) is 0.280. The van der Waals surface area contributed by atoms with E-state index in [0.29, 0.717) is 0 Å². The molecule has 0 radical (unpaired) electrons. The molecule has 0 aromatic heterocycles. The quantitative estimate of drug-likeness (QED) is 0.929. The number of rotatable bonds is 4. The van der Waals surface area contributed by atoms with Crippen LogP contribution in [0.5, 0.6) is 0 Å². The largest absolute Gasteiger partial charge is 0.415 e. The predicted molar refractivity (Wildman–Crippen MR) is 65.7 cm³/mol. The molecule has 0 fully saturated rings. The van der Waals surface area contributed by atoms with Gasteiger partial charge in [0.15, 0.2) is 15.9 Å². The topological polar surface area (TPSA) is 54.4 Å². The summed E-state index contributed by atoms with van der Waals surface area (Å²) < 4.78 is 60.1. The predicted octanol–water partition coefficient (Wildman–Crippen LogP) is 2.74. The van der Waals surface area contributed by atoms with Crippen LogP contribution in [0.15, 0.2) is 24.3 Å². The lowest BCUT2D eigenvalue weighted by atomic mass is 10.2. The molecule has 0 saturated carbocycles. The third-order valence-corrected chi connectivity index (χ3v) is 4.99. The van der Waals surface area contributed by atoms with Crippen LogP contribution in [0, 0.1) is 0 Å². The van der Waals surface area contributed by atoms with Gasteiger partial charge in [-0.3, -0.25) is 0 Å². The summed E-state index contributed by atoms with van der Waals surface area (Å²) in [6, 6.07) is 5.84. The summed E-state index contributed by atoms with van der Waals surface area (Å²) in [4.78, 5) is 0. The van der Waals surface area contributed by atoms with E-state index in [1.807, 2.05) is 0 Å². The number of sulfone groups is 1. The van der Waals surface area contributed by atoms with Gasteiger partial charge in [-0.25, -0.2) is 8.42 Å². The zero-order chi connectivity index (χ0) is 14.8. The van der Waals surface area contributed by atoms with Crippen molar-refractivity contribution < 1.29 is 26.7 Å². The number of benzene rings is 1. The Bertz CT molecular complexity index is 542. The van der Waals surface area contributed by atoms with Crippen molar-refractivity contribution >= 4 is 21.4 Å². The van der Waals surface area contributed by atoms with E-state index >= 15 is 0 Å². The van der Waals surface area contributed by atoms with Gasteiger partial charge in [0, 0.05) is 5.02 Å². The van der Waals surface area contributed by atoms with Crippen LogP contribution in [-0.4, -0.2) is 31.6 Å². The average molecular weight is 317 g/mol. The zero-order valence-electron chi connectivity index (χ0n) is 9.86. The highest BCUT2D eigenvalue weighted by Crippen LogP contribution is 2.28. The van der Waals surface area contributed by atoms with Crippen LogP contribution in [0.1, 0.15) is 17.7 Å². The van der Waals surface area contributed by atoms with Crippen LogP contribution >= 0.6 is 11.6 Å². The second-order valence-electron chi connectivity index (χ2n) is 4.08. The highest BCUT2D eigenvalue weighted by Gasteiger charge is 2.42.